The summed E-state index contributed by atoms with van der Waals surface area (Å²) in [5.41, 5.74) is 1.27. The fraction of sp³-hybridized carbons (Fsp3) is 0.278. The number of nitrogens with zero attached hydrogens (tertiary/aromatic N) is 2. The molecule has 3 rings (SSSR count). The number of benzene rings is 2. The highest BCUT2D eigenvalue weighted by atomic mass is 16.6. The fourth-order valence-corrected chi connectivity index (χ4v) is 2.98. The lowest BCUT2D eigenvalue weighted by Crippen LogP contribution is -2.20. The first-order valence-electron chi connectivity index (χ1n) is 8.08. The maximum absolute atomic E-state index is 12.5. The monoisotopic (exact) mass is 341 g/mol. The molecule has 1 amide bonds. The number of carbonyl (C=O) groups is 1. The highest BCUT2D eigenvalue weighted by molar-refractivity contribution is 6.05. The first-order valence-corrected chi connectivity index (χ1v) is 8.08. The van der Waals surface area contributed by atoms with E-state index in [2.05, 4.69) is 5.32 Å². The van der Waals surface area contributed by atoms with Crippen molar-refractivity contribution in [3.63, 3.8) is 0 Å². The van der Waals surface area contributed by atoms with Crippen molar-refractivity contribution in [3.05, 3.63) is 58.1 Å². The van der Waals surface area contributed by atoms with Gasteiger partial charge in [-0.05, 0) is 37.1 Å². The van der Waals surface area contributed by atoms with E-state index in [4.69, 9.17) is 4.74 Å². The van der Waals surface area contributed by atoms with Crippen LogP contribution in [0.1, 0.15) is 23.2 Å². The van der Waals surface area contributed by atoms with Crippen molar-refractivity contribution in [2.75, 3.05) is 30.4 Å². The number of para-hydroxylation sites is 2. The number of carbonyl (C=O) groups excluding carboxylic acids is 1. The molecule has 0 saturated carbocycles. The Balaban J connectivity index is 1.88. The van der Waals surface area contributed by atoms with Crippen LogP contribution in [0.25, 0.3) is 0 Å². The second kappa shape index (κ2) is 7.21. The van der Waals surface area contributed by atoms with E-state index in [9.17, 15) is 14.9 Å². The minimum atomic E-state index is -0.437. The van der Waals surface area contributed by atoms with Gasteiger partial charge in [-0.15, -0.1) is 0 Å². The summed E-state index contributed by atoms with van der Waals surface area (Å²) >= 11 is 0. The summed E-state index contributed by atoms with van der Waals surface area (Å²) in [6.07, 6.45) is 2.04. The number of methoxy groups -OCH3 is 1. The second-order valence-corrected chi connectivity index (χ2v) is 5.81. The molecule has 2 aromatic carbocycles. The third-order valence-corrected chi connectivity index (χ3v) is 4.24. The molecule has 1 fully saturated rings. The fourth-order valence-electron chi connectivity index (χ4n) is 2.98. The summed E-state index contributed by atoms with van der Waals surface area (Å²) in [7, 11) is 1.51. The van der Waals surface area contributed by atoms with Crippen LogP contribution in [0.2, 0.25) is 0 Å². The van der Waals surface area contributed by atoms with E-state index >= 15 is 0 Å². The van der Waals surface area contributed by atoms with E-state index in [0.717, 1.165) is 25.9 Å². The first kappa shape index (κ1) is 16.8. The van der Waals surface area contributed by atoms with Crippen LogP contribution in [-0.2, 0) is 0 Å². The lowest BCUT2D eigenvalue weighted by molar-refractivity contribution is -0.384. The lowest BCUT2D eigenvalue weighted by Gasteiger charge is -2.18. The average molecular weight is 341 g/mol. The molecule has 1 saturated heterocycles. The van der Waals surface area contributed by atoms with Crippen molar-refractivity contribution in [3.8, 4) is 5.75 Å². The predicted molar refractivity (Wildman–Crippen MR) is 95.5 cm³/mol. The van der Waals surface area contributed by atoms with Crippen LogP contribution < -0.4 is 15.0 Å². The molecule has 2 aromatic rings. The molecule has 1 N–H and O–H groups in total. The van der Waals surface area contributed by atoms with Gasteiger partial charge in [0.15, 0.2) is 0 Å². The van der Waals surface area contributed by atoms with Gasteiger partial charge in [0, 0.05) is 24.7 Å². The average Bonchev–Trinajstić information content (AvgIpc) is 3.16. The molecule has 7 heteroatoms. The molecule has 0 unspecified atom stereocenters. The smallest absolute Gasteiger partial charge is 0.293 e. The zero-order valence-corrected chi connectivity index (χ0v) is 13.9. The number of nitrogens with one attached hydrogen (secondary N) is 1. The zero-order valence-electron chi connectivity index (χ0n) is 13.9. The highest BCUT2D eigenvalue weighted by Gasteiger charge is 2.24. The minimum Gasteiger partial charge on any atom is -0.495 e. The standard InChI is InChI=1S/C18H19N3O4/c1-25-17-7-3-2-6-14(17)19-18(22)13-8-9-15(16(12-13)21(23)24)20-10-4-5-11-20/h2-3,6-9,12H,4-5,10-11H2,1H3,(H,19,22). The molecular formula is C18H19N3O4. The maximum atomic E-state index is 12.5. The Morgan fingerprint density at radius 2 is 1.92 bits per heavy atom. The number of ether oxygens (including phenoxy) is 1. The third-order valence-electron chi connectivity index (χ3n) is 4.24. The Labute approximate surface area is 145 Å². The second-order valence-electron chi connectivity index (χ2n) is 5.81. The van der Waals surface area contributed by atoms with Crippen molar-refractivity contribution in [2.45, 2.75) is 12.8 Å². The van der Waals surface area contributed by atoms with Gasteiger partial charge in [0.1, 0.15) is 11.4 Å². The molecule has 25 heavy (non-hydrogen) atoms. The number of rotatable bonds is 5. The third kappa shape index (κ3) is 3.55. The number of anilines is 2. The number of hydrogen-bond acceptors (Lipinski definition) is 5. The van der Waals surface area contributed by atoms with Crippen LogP contribution in [-0.4, -0.2) is 31.0 Å². The molecule has 0 aromatic heterocycles. The Bertz CT molecular complexity index is 801. The zero-order chi connectivity index (χ0) is 17.8. The van der Waals surface area contributed by atoms with Crippen LogP contribution in [0.5, 0.6) is 5.75 Å². The number of amides is 1. The minimum absolute atomic E-state index is 0.0467. The van der Waals surface area contributed by atoms with E-state index < -0.39 is 10.8 Å². The van der Waals surface area contributed by atoms with Gasteiger partial charge in [-0.3, -0.25) is 14.9 Å². The maximum Gasteiger partial charge on any atom is 0.293 e. The molecule has 0 atom stereocenters. The molecule has 7 nitrogen and oxygen atoms in total. The Morgan fingerprint density at radius 3 is 2.60 bits per heavy atom. The van der Waals surface area contributed by atoms with Gasteiger partial charge in [-0.1, -0.05) is 12.1 Å². The van der Waals surface area contributed by atoms with E-state index in [1.165, 1.54) is 13.2 Å². The molecular weight excluding hydrogens is 322 g/mol. The van der Waals surface area contributed by atoms with Crippen LogP contribution in [0.4, 0.5) is 17.1 Å². The van der Waals surface area contributed by atoms with Crippen LogP contribution in [0.3, 0.4) is 0 Å². The van der Waals surface area contributed by atoms with Crippen LogP contribution in [0, 0.1) is 10.1 Å². The van der Waals surface area contributed by atoms with Gasteiger partial charge >= 0.3 is 0 Å². The SMILES string of the molecule is COc1ccccc1NC(=O)c1ccc(N2CCCC2)c([N+](=O)[O-])c1. The normalized spacial score (nSPS) is 13.6. The highest BCUT2D eigenvalue weighted by Crippen LogP contribution is 2.32. The van der Waals surface area contributed by atoms with Gasteiger partial charge in [0.25, 0.3) is 11.6 Å². The van der Waals surface area contributed by atoms with Gasteiger partial charge < -0.3 is 15.0 Å². The van der Waals surface area contributed by atoms with Gasteiger partial charge in [-0.2, -0.15) is 0 Å². The largest absolute Gasteiger partial charge is 0.495 e. The molecule has 1 heterocycles. The first-order chi connectivity index (χ1) is 12.1. The molecule has 0 aliphatic carbocycles. The molecule has 1 aliphatic rings. The summed E-state index contributed by atoms with van der Waals surface area (Å²) in [5, 5.41) is 14.2. The summed E-state index contributed by atoms with van der Waals surface area (Å²) in [5.74, 6) is 0.111. The molecule has 130 valence electrons. The number of nitro groups is 1. The lowest BCUT2D eigenvalue weighted by atomic mass is 10.1. The van der Waals surface area contributed by atoms with E-state index in [0.29, 0.717) is 17.1 Å². The van der Waals surface area contributed by atoms with Crippen LogP contribution in [0.15, 0.2) is 42.5 Å². The quantitative estimate of drug-likeness (QED) is 0.665. The topological polar surface area (TPSA) is 84.7 Å². The summed E-state index contributed by atoms with van der Waals surface area (Å²) in [6.45, 7) is 1.60. The van der Waals surface area contributed by atoms with Crippen molar-refractivity contribution >= 4 is 23.0 Å². The molecule has 0 spiro atoms. The Kier molecular flexibility index (Phi) is 4.83. The Morgan fingerprint density at radius 1 is 1.20 bits per heavy atom. The summed E-state index contributed by atoms with van der Waals surface area (Å²) in [6, 6.07) is 11.6. The van der Waals surface area contributed by atoms with Crippen molar-refractivity contribution in [1.29, 1.82) is 0 Å². The van der Waals surface area contributed by atoms with Crippen molar-refractivity contribution in [2.24, 2.45) is 0 Å². The van der Waals surface area contributed by atoms with Crippen molar-refractivity contribution in [1.82, 2.24) is 0 Å². The number of hydrogen-bond donors (Lipinski definition) is 1. The molecule has 1 aliphatic heterocycles. The van der Waals surface area contributed by atoms with E-state index in [1.54, 1.807) is 36.4 Å². The summed E-state index contributed by atoms with van der Waals surface area (Å²) in [4.78, 5) is 25.5. The van der Waals surface area contributed by atoms with Crippen molar-refractivity contribution < 1.29 is 14.5 Å². The van der Waals surface area contributed by atoms with E-state index in [1.807, 2.05) is 4.90 Å². The summed E-state index contributed by atoms with van der Waals surface area (Å²) < 4.78 is 5.20. The van der Waals surface area contributed by atoms with Gasteiger partial charge in [0.2, 0.25) is 0 Å². The Hall–Kier alpha value is -3.09. The van der Waals surface area contributed by atoms with Gasteiger partial charge in [-0.25, -0.2) is 0 Å². The number of nitro benzene ring substituents is 1. The van der Waals surface area contributed by atoms with Crippen LogP contribution >= 0.6 is 0 Å². The molecule has 0 bridgehead atoms. The predicted octanol–water partition coefficient (Wildman–Crippen LogP) is 3.46. The van der Waals surface area contributed by atoms with E-state index in [-0.39, 0.29) is 11.3 Å². The molecule has 0 radical (unpaired) electrons. The van der Waals surface area contributed by atoms with Gasteiger partial charge in [0.05, 0.1) is 17.7 Å².